The summed E-state index contributed by atoms with van der Waals surface area (Å²) >= 11 is 0. The Labute approximate surface area is 211 Å². The first-order valence-electron chi connectivity index (χ1n) is 12.5. The molecule has 1 saturated heterocycles. The maximum atomic E-state index is 12.7. The van der Waals surface area contributed by atoms with Crippen LogP contribution in [0.25, 0.3) is 0 Å². The van der Waals surface area contributed by atoms with Crippen LogP contribution in [0, 0.1) is 17.0 Å². The molecule has 2 aromatic rings. The first kappa shape index (κ1) is 25.5. The molecular weight excluding hydrogens is 460 g/mol. The molecule has 36 heavy (non-hydrogen) atoms. The van der Waals surface area contributed by atoms with Crippen LogP contribution in [-0.4, -0.2) is 60.7 Å². The first-order chi connectivity index (χ1) is 17.4. The fraction of sp³-hybridized carbons (Fsp3) is 0.444. The summed E-state index contributed by atoms with van der Waals surface area (Å²) in [6.45, 7) is 8.75. The minimum Gasteiger partial charge on any atom is -0.458 e. The van der Waals surface area contributed by atoms with Crippen molar-refractivity contribution in [1.29, 1.82) is 0 Å². The number of hydrogen-bond acceptors (Lipinski definition) is 7. The summed E-state index contributed by atoms with van der Waals surface area (Å²) in [5.41, 5.74) is 3.11. The van der Waals surface area contributed by atoms with Gasteiger partial charge in [0.1, 0.15) is 6.61 Å². The van der Waals surface area contributed by atoms with Gasteiger partial charge in [-0.3, -0.25) is 14.9 Å². The highest BCUT2D eigenvalue weighted by Crippen LogP contribution is 2.32. The van der Waals surface area contributed by atoms with Crippen molar-refractivity contribution in [3.63, 3.8) is 0 Å². The predicted octanol–water partition coefficient (Wildman–Crippen LogP) is 4.51. The van der Waals surface area contributed by atoms with E-state index in [9.17, 15) is 14.9 Å². The highest BCUT2D eigenvalue weighted by molar-refractivity contribution is 5.77. The third-order valence-electron chi connectivity index (χ3n) is 6.89. The van der Waals surface area contributed by atoms with E-state index in [0.29, 0.717) is 13.1 Å². The summed E-state index contributed by atoms with van der Waals surface area (Å²) in [6.07, 6.45) is 4.74. The standard InChI is InChI=1S/C27H34N4O5/c1-3-35-26-18-22(8-13-25(26)31(33)34)28-21-6-11-24(12-7-21)36-19-27(32)30-16-14-29(15-17-30)23-9-4-20(2)5-10-23/h3-5,8-10,13,18,21,24,28H,1,6-7,11-12,14-17,19H2,2H3. The minimum atomic E-state index is -0.476. The zero-order valence-corrected chi connectivity index (χ0v) is 20.7. The average molecular weight is 495 g/mol. The van der Waals surface area contributed by atoms with E-state index in [1.54, 1.807) is 12.1 Å². The largest absolute Gasteiger partial charge is 0.458 e. The Morgan fingerprint density at radius 2 is 1.81 bits per heavy atom. The van der Waals surface area contributed by atoms with Crippen molar-refractivity contribution in [3.8, 4) is 5.75 Å². The number of benzene rings is 2. The van der Waals surface area contributed by atoms with Crippen molar-refractivity contribution in [1.82, 2.24) is 4.90 Å². The van der Waals surface area contributed by atoms with Gasteiger partial charge < -0.3 is 24.6 Å². The molecule has 0 radical (unpaired) electrons. The van der Waals surface area contributed by atoms with Gasteiger partial charge in [0, 0.05) is 55.7 Å². The van der Waals surface area contributed by atoms with Gasteiger partial charge in [0.2, 0.25) is 11.7 Å². The third kappa shape index (κ3) is 6.54. The molecule has 0 unspecified atom stereocenters. The Morgan fingerprint density at radius 1 is 1.11 bits per heavy atom. The monoisotopic (exact) mass is 494 g/mol. The fourth-order valence-corrected chi connectivity index (χ4v) is 4.80. The Kier molecular flexibility index (Phi) is 8.43. The highest BCUT2D eigenvalue weighted by Gasteiger charge is 2.26. The molecule has 1 N–H and O–H groups in total. The van der Waals surface area contributed by atoms with Crippen molar-refractivity contribution in [2.45, 2.75) is 44.8 Å². The zero-order valence-electron chi connectivity index (χ0n) is 20.7. The summed E-state index contributed by atoms with van der Waals surface area (Å²) in [5, 5.41) is 14.6. The van der Waals surface area contributed by atoms with Gasteiger partial charge in [-0.25, -0.2) is 0 Å². The van der Waals surface area contributed by atoms with Crippen molar-refractivity contribution < 1.29 is 19.2 Å². The quantitative estimate of drug-likeness (QED) is 0.311. The Balaban J connectivity index is 1.18. The van der Waals surface area contributed by atoms with Crippen LogP contribution in [0.5, 0.6) is 5.75 Å². The van der Waals surface area contributed by atoms with Crippen molar-refractivity contribution in [2.75, 3.05) is 43.0 Å². The van der Waals surface area contributed by atoms with Crippen molar-refractivity contribution >= 4 is 23.0 Å². The van der Waals surface area contributed by atoms with E-state index < -0.39 is 4.92 Å². The second-order valence-corrected chi connectivity index (χ2v) is 9.36. The summed E-state index contributed by atoms with van der Waals surface area (Å²) < 4.78 is 11.2. The molecule has 192 valence electrons. The summed E-state index contributed by atoms with van der Waals surface area (Å²) in [4.78, 5) is 27.6. The number of aryl methyl sites for hydroxylation is 1. The average Bonchev–Trinajstić information content (AvgIpc) is 2.89. The molecular formula is C27H34N4O5. The van der Waals surface area contributed by atoms with Gasteiger partial charge in [0.15, 0.2) is 0 Å². The SMILES string of the molecule is C=COc1cc(NC2CCC(OCC(=O)N3CCN(c4ccc(C)cc4)CC3)CC2)ccc1[N+](=O)[O-]. The van der Waals surface area contributed by atoms with E-state index in [0.717, 1.165) is 44.5 Å². The Bertz CT molecular complexity index is 1060. The Morgan fingerprint density at radius 3 is 2.44 bits per heavy atom. The molecule has 1 amide bonds. The van der Waals surface area contributed by atoms with Crippen molar-refractivity contribution in [3.05, 3.63) is 71.0 Å². The van der Waals surface area contributed by atoms with E-state index in [1.165, 1.54) is 23.6 Å². The molecule has 0 atom stereocenters. The van der Waals surface area contributed by atoms with Gasteiger partial charge in [0.25, 0.3) is 0 Å². The summed E-state index contributed by atoms with van der Waals surface area (Å²) in [7, 11) is 0. The van der Waals surface area contributed by atoms with Crippen molar-refractivity contribution in [2.24, 2.45) is 0 Å². The molecule has 0 spiro atoms. The van der Waals surface area contributed by atoms with Crippen LogP contribution in [0.4, 0.5) is 17.1 Å². The van der Waals surface area contributed by atoms with Gasteiger partial charge in [-0.05, 0) is 50.8 Å². The number of ether oxygens (including phenoxy) is 2. The maximum Gasteiger partial charge on any atom is 0.311 e. The molecule has 1 aliphatic carbocycles. The number of carbonyl (C=O) groups excluding carboxylic acids is 1. The molecule has 1 heterocycles. The molecule has 0 aromatic heterocycles. The van der Waals surface area contributed by atoms with Crippen LogP contribution in [0.2, 0.25) is 0 Å². The second kappa shape index (κ2) is 11.9. The summed E-state index contributed by atoms with van der Waals surface area (Å²) in [6, 6.07) is 13.5. The predicted molar refractivity (Wildman–Crippen MR) is 140 cm³/mol. The summed E-state index contributed by atoms with van der Waals surface area (Å²) in [5.74, 6) is 0.217. The van der Waals surface area contributed by atoms with E-state index in [-0.39, 0.29) is 36.1 Å². The number of piperazine rings is 1. The number of nitro groups is 1. The lowest BCUT2D eigenvalue weighted by atomic mass is 9.92. The molecule has 2 aromatic carbocycles. The van der Waals surface area contributed by atoms with Crippen LogP contribution in [0.15, 0.2) is 55.3 Å². The lowest BCUT2D eigenvalue weighted by Crippen LogP contribution is -2.50. The smallest absolute Gasteiger partial charge is 0.311 e. The van der Waals surface area contributed by atoms with Gasteiger partial charge in [-0.15, -0.1) is 0 Å². The van der Waals surface area contributed by atoms with E-state index >= 15 is 0 Å². The van der Waals surface area contributed by atoms with Crippen LogP contribution < -0.4 is 15.0 Å². The van der Waals surface area contributed by atoms with Gasteiger partial charge in [-0.2, -0.15) is 0 Å². The second-order valence-electron chi connectivity index (χ2n) is 9.36. The number of nitrogens with one attached hydrogen (secondary N) is 1. The highest BCUT2D eigenvalue weighted by atomic mass is 16.6. The van der Waals surface area contributed by atoms with Gasteiger partial charge >= 0.3 is 5.69 Å². The van der Waals surface area contributed by atoms with E-state index in [1.807, 2.05) is 4.90 Å². The molecule has 9 heteroatoms. The normalized spacial score (nSPS) is 20.0. The lowest BCUT2D eigenvalue weighted by Gasteiger charge is -2.36. The fourth-order valence-electron chi connectivity index (χ4n) is 4.80. The first-order valence-corrected chi connectivity index (χ1v) is 12.5. The maximum absolute atomic E-state index is 12.7. The topological polar surface area (TPSA) is 97.2 Å². The van der Waals surface area contributed by atoms with Crippen LogP contribution in [0.3, 0.4) is 0 Å². The molecule has 0 bridgehead atoms. The van der Waals surface area contributed by atoms with Crippen LogP contribution >= 0.6 is 0 Å². The lowest BCUT2D eigenvalue weighted by molar-refractivity contribution is -0.385. The van der Waals surface area contributed by atoms with Gasteiger partial charge in [-0.1, -0.05) is 24.3 Å². The number of nitro benzene ring substituents is 1. The number of anilines is 2. The number of rotatable bonds is 9. The number of amides is 1. The number of carbonyl (C=O) groups is 1. The van der Waals surface area contributed by atoms with Crippen LogP contribution in [0.1, 0.15) is 31.2 Å². The van der Waals surface area contributed by atoms with Crippen LogP contribution in [-0.2, 0) is 9.53 Å². The van der Waals surface area contributed by atoms with E-state index in [2.05, 4.69) is 48.0 Å². The minimum absolute atomic E-state index is 0.0550. The third-order valence-corrected chi connectivity index (χ3v) is 6.89. The Hall–Kier alpha value is -3.59. The number of hydrogen-bond donors (Lipinski definition) is 1. The number of nitrogens with zero attached hydrogens (tertiary/aromatic N) is 3. The zero-order chi connectivity index (χ0) is 25.5. The molecule has 4 rings (SSSR count). The van der Waals surface area contributed by atoms with Gasteiger partial charge in [0.05, 0.1) is 17.3 Å². The molecule has 9 nitrogen and oxygen atoms in total. The molecule has 1 saturated carbocycles. The molecule has 1 aliphatic heterocycles. The molecule has 2 fully saturated rings. The molecule has 2 aliphatic rings. The van der Waals surface area contributed by atoms with E-state index in [4.69, 9.17) is 9.47 Å².